The SMILES string of the molecule is C/C=C(\C)[C@@H]1C/C=C/C=C/[C@H](O)[C@H](C)[C@@H](O)[C@@H](CCC(C)=O)C(=O)N[C@@H](C(C)C)C(=O)N[C@@H](Cc2cc(O)cc(F)c2)C(=O)N2CCCC(N2)C(=O)O1. The predicted molar refractivity (Wildman–Crippen MR) is 195 cm³/mol. The molecule has 3 rings (SSSR count). The minimum absolute atomic E-state index is 0.0344. The maximum atomic E-state index is 14.3. The number of halogens is 1. The number of Topliss-reactive ketones (excluding diaryl/α,β-unsaturated/α-hetero) is 1. The molecule has 14 heteroatoms. The lowest BCUT2D eigenvalue weighted by Crippen LogP contribution is -2.62. The van der Waals surface area contributed by atoms with Crippen molar-refractivity contribution in [2.75, 3.05) is 6.54 Å². The van der Waals surface area contributed by atoms with E-state index in [0.29, 0.717) is 19.3 Å². The van der Waals surface area contributed by atoms with E-state index in [4.69, 9.17) is 4.74 Å². The quantitative estimate of drug-likeness (QED) is 0.179. The number of hydrazine groups is 1. The molecule has 0 spiro atoms. The fourth-order valence-electron chi connectivity index (χ4n) is 6.30. The second kappa shape index (κ2) is 20.2. The number of phenolic OH excluding ortho intramolecular Hbond substituents is 1. The molecule has 1 fully saturated rings. The van der Waals surface area contributed by atoms with Crippen molar-refractivity contribution in [1.82, 2.24) is 21.1 Å². The van der Waals surface area contributed by atoms with Crippen molar-refractivity contribution in [2.24, 2.45) is 17.8 Å². The molecule has 53 heavy (non-hydrogen) atoms. The maximum Gasteiger partial charge on any atom is 0.325 e. The minimum atomic E-state index is -1.42. The topological polar surface area (TPSA) is 195 Å². The maximum absolute atomic E-state index is 14.3. The van der Waals surface area contributed by atoms with Crippen molar-refractivity contribution < 1.29 is 48.4 Å². The fraction of sp³-hybridized carbons (Fsp3) is 0.564. The van der Waals surface area contributed by atoms with Crippen LogP contribution < -0.4 is 16.1 Å². The van der Waals surface area contributed by atoms with Crippen molar-refractivity contribution in [3.63, 3.8) is 0 Å². The summed E-state index contributed by atoms with van der Waals surface area (Å²) in [6.45, 7) is 10.1. The number of nitrogens with one attached hydrogen (secondary N) is 3. The summed E-state index contributed by atoms with van der Waals surface area (Å²) in [5.41, 5.74) is 3.93. The Morgan fingerprint density at radius 3 is 2.43 bits per heavy atom. The number of aliphatic hydroxyl groups is 2. The van der Waals surface area contributed by atoms with Gasteiger partial charge < -0.3 is 35.5 Å². The van der Waals surface area contributed by atoms with E-state index in [0.717, 1.165) is 17.7 Å². The van der Waals surface area contributed by atoms with Crippen molar-refractivity contribution in [1.29, 1.82) is 0 Å². The molecule has 0 radical (unpaired) electrons. The smallest absolute Gasteiger partial charge is 0.325 e. The van der Waals surface area contributed by atoms with E-state index in [1.807, 2.05) is 19.9 Å². The largest absolute Gasteiger partial charge is 0.508 e. The lowest BCUT2D eigenvalue weighted by atomic mass is 9.84. The van der Waals surface area contributed by atoms with Crippen LogP contribution in [0.3, 0.4) is 0 Å². The van der Waals surface area contributed by atoms with Gasteiger partial charge in [-0.3, -0.25) is 24.2 Å². The van der Waals surface area contributed by atoms with Gasteiger partial charge in [-0.2, -0.15) is 0 Å². The zero-order valence-corrected chi connectivity index (χ0v) is 31.4. The Labute approximate surface area is 310 Å². The zero-order valence-electron chi connectivity index (χ0n) is 31.4. The molecule has 0 aliphatic carbocycles. The highest BCUT2D eigenvalue weighted by atomic mass is 19.1. The molecule has 0 aromatic heterocycles. The normalized spacial score (nSPS) is 30.0. The van der Waals surface area contributed by atoms with Crippen LogP contribution in [0.5, 0.6) is 5.75 Å². The number of carbonyl (C=O) groups is 5. The highest BCUT2D eigenvalue weighted by Gasteiger charge is 2.38. The van der Waals surface area contributed by atoms with Crippen molar-refractivity contribution in [3.05, 3.63) is 65.5 Å². The average Bonchev–Trinajstić information content (AvgIpc) is 3.10. The van der Waals surface area contributed by atoms with E-state index < -0.39 is 83.7 Å². The standard InChI is InChI=1S/C39H55FN4O9/c1-7-23(4)33-14-10-8-9-13-32(47)25(6)35(48)29(16-15-24(5)45)36(49)42-34(22(2)3)37(50)41-31(20-26-18-27(40)21-28(46)19-26)38(51)44-17-11-12-30(43-44)39(52)53-33/h7-10,13,18-19,21-22,25,29-35,43,46-48H,11-12,14-17,20H2,1-6H3,(H,41,50)(H,42,49)/b10-8+,13-9+,23-7+/t25-,29+,30?,31-,32-,33-,34-,35+/m0/s1. The van der Waals surface area contributed by atoms with Gasteiger partial charge in [0.15, 0.2) is 0 Å². The molecular weight excluding hydrogens is 687 g/mol. The Morgan fingerprint density at radius 2 is 1.79 bits per heavy atom. The number of ketones is 1. The first kappa shape index (κ1) is 43.0. The van der Waals surface area contributed by atoms with Gasteiger partial charge in [0.25, 0.3) is 5.91 Å². The number of nitrogens with zero attached hydrogens (tertiary/aromatic N) is 1. The summed E-state index contributed by atoms with van der Waals surface area (Å²) in [5, 5.41) is 39.0. The van der Waals surface area contributed by atoms with Crippen molar-refractivity contribution in [2.45, 2.75) is 117 Å². The summed E-state index contributed by atoms with van der Waals surface area (Å²) in [6.07, 6.45) is 5.82. The summed E-state index contributed by atoms with van der Waals surface area (Å²) in [5.74, 6) is -6.63. The Balaban J connectivity index is 2.07. The highest BCUT2D eigenvalue weighted by molar-refractivity contribution is 5.93. The zero-order chi connectivity index (χ0) is 39.4. The van der Waals surface area contributed by atoms with Gasteiger partial charge in [0, 0.05) is 37.8 Å². The number of aromatic hydroxyl groups is 1. The number of benzene rings is 1. The number of amides is 3. The number of carbonyl (C=O) groups excluding carboxylic acids is 5. The van der Waals surface area contributed by atoms with Gasteiger partial charge in [-0.1, -0.05) is 51.2 Å². The first-order chi connectivity index (χ1) is 25.0. The third-order valence-corrected chi connectivity index (χ3v) is 9.74. The van der Waals surface area contributed by atoms with E-state index >= 15 is 0 Å². The first-order valence-electron chi connectivity index (χ1n) is 18.2. The number of fused-ring (bicyclic) bond motifs is 2. The molecule has 8 atom stereocenters. The molecule has 1 aromatic carbocycles. The van der Waals surface area contributed by atoms with Crippen LogP contribution in [0.15, 0.2) is 54.2 Å². The second-order valence-corrected chi connectivity index (χ2v) is 14.3. The van der Waals surface area contributed by atoms with Crippen LogP contribution in [0, 0.1) is 23.6 Å². The lowest BCUT2D eigenvalue weighted by Gasteiger charge is -2.36. The van der Waals surface area contributed by atoms with Gasteiger partial charge in [0.2, 0.25) is 11.8 Å². The van der Waals surface area contributed by atoms with Crippen LogP contribution in [0.4, 0.5) is 4.39 Å². The van der Waals surface area contributed by atoms with Gasteiger partial charge in [-0.05, 0) is 69.2 Å². The summed E-state index contributed by atoms with van der Waals surface area (Å²) < 4.78 is 20.2. The molecule has 1 aromatic rings. The third kappa shape index (κ3) is 12.6. The Kier molecular flexibility index (Phi) is 16.4. The molecular formula is C39H55FN4O9. The van der Waals surface area contributed by atoms with Crippen LogP contribution in [0.1, 0.15) is 79.2 Å². The van der Waals surface area contributed by atoms with Crippen LogP contribution >= 0.6 is 0 Å². The van der Waals surface area contributed by atoms with E-state index in [1.54, 1.807) is 39.0 Å². The molecule has 1 unspecified atom stereocenters. The van der Waals surface area contributed by atoms with E-state index in [2.05, 4.69) is 16.1 Å². The number of aliphatic hydroxyl groups excluding tert-OH is 2. The van der Waals surface area contributed by atoms with Gasteiger partial charge in [-0.15, -0.1) is 0 Å². The number of allylic oxidation sites excluding steroid dienone is 3. The summed E-state index contributed by atoms with van der Waals surface area (Å²) in [7, 11) is 0. The van der Waals surface area contributed by atoms with Crippen LogP contribution in [0.25, 0.3) is 0 Å². The molecule has 2 heterocycles. The molecule has 3 amide bonds. The molecule has 2 aliphatic heterocycles. The highest BCUT2D eigenvalue weighted by Crippen LogP contribution is 2.24. The Hall–Kier alpha value is -4.40. The molecule has 0 saturated carbocycles. The minimum Gasteiger partial charge on any atom is -0.508 e. The lowest BCUT2D eigenvalue weighted by molar-refractivity contribution is -0.156. The number of cyclic esters (lactones) is 1. The van der Waals surface area contributed by atoms with E-state index in [1.165, 1.54) is 24.1 Å². The number of hydrogen-bond acceptors (Lipinski definition) is 10. The summed E-state index contributed by atoms with van der Waals surface area (Å²) >= 11 is 0. The van der Waals surface area contributed by atoms with Gasteiger partial charge in [0.1, 0.15) is 41.6 Å². The molecule has 6 N–H and O–H groups in total. The summed E-state index contributed by atoms with van der Waals surface area (Å²) in [4.78, 5) is 67.3. The van der Waals surface area contributed by atoms with Gasteiger partial charge in [0.05, 0.1) is 18.1 Å². The number of esters is 1. The monoisotopic (exact) mass is 742 g/mol. The van der Waals surface area contributed by atoms with Crippen LogP contribution in [-0.4, -0.2) is 92.8 Å². The average molecular weight is 743 g/mol. The number of ether oxygens (including phenoxy) is 1. The second-order valence-electron chi connectivity index (χ2n) is 14.3. The molecule has 1 saturated heterocycles. The van der Waals surface area contributed by atoms with Gasteiger partial charge in [-0.25, -0.2) is 9.82 Å². The first-order valence-corrected chi connectivity index (χ1v) is 18.2. The number of phenols is 1. The predicted octanol–water partition coefficient (Wildman–Crippen LogP) is 2.93. The Bertz CT molecular complexity index is 1540. The Morgan fingerprint density at radius 1 is 1.08 bits per heavy atom. The molecule has 292 valence electrons. The number of rotatable bonds is 7. The van der Waals surface area contributed by atoms with Gasteiger partial charge >= 0.3 is 5.97 Å². The molecule has 2 bridgehead atoms. The van der Waals surface area contributed by atoms with Crippen molar-refractivity contribution >= 4 is 29.5 Å². The number of hydrogen-bond donors (Lipinski definition) is 6. The van der Waals surface area contributed by atoms with Crippen LogP contribution in [-0.2, 0) is 35.1 Å². The fourth-order valence-corrected chi connectivity index (χ4v) is 6.30. The van der Waals surface area contributed by atoms with E-state index in [-0.39, 0.29) is 42.9 Å². The van der Waals surface area contributed by atoms with Crippen LogP contribution in [0.2, 0.25) is 0 Å². The van der Waals surface area contributed by atoms with Crippen molar-refractivity contribution in [3.8, 4) is 5.75 Å². The third-order valence-electron chi connectivity index (χ3n) is 9.74. The van der Waals surface area contributed by atoms with E-state index in [9.17, 15) is 43.7 Å². The molecule has 2 aliphatic rings. The molecule has 13 nitrogen and oxygen atoms in total. The summed E-state index contributed by atoms with van der Waals surface area (Å²) in [6, 6.07) is -0.172.